The van der Waals surface area contributed by atoms with Gasteiger partial charge in [-0.15, -0.1) is 0 Å². The second-order valence-corrected chi connectivity index (χ2v) is 4.14. The summed E-state index contributed by atoms with van der Waals surface area (Å²) in [6.45, 7) is 5.77. The fourth-order valence-corrected chi connectivity index (χ4v) is 1.49. The minimum absolute atomic E-state index is 0.194. The zero-order chi connectivity index (χ0) is 12.7. The Kier molecular flexibility index (Phi) is 5.94. The molecule has 0 bridgehead atoms. The first-order chi connectivity index (χ1) is 8.13. The van der Waals surface area contributed by atoms with Crippen molar-refractivity contribution in [2.75, 3.05) is 13.2 Å². The number of ether oxygens (including phenoxy) is 1. The Labute approximate surface area is 102 Å². The number of hydrogen-bond donors (Lipinski definition) is 2. The molecule has 17 heavy (non-hydrogen) atoms. The van der Waals surface area contributed by atoms with Gasteiger partial charge in [0, 0.05) is 12.6 Å². The fraction of sp³-hybridized carbons (Fsp3) is 0.538. The molecular formula is C13H21FN2O. The molecule has 0 fully saturated rings. The van der Waals surface area contributed by atoms with Gasteiger partial charge in [0.1, 0.15) is 0 Å². The van der Waals surface area contributed by atoms with E-state index in [4.69, 9.17) is 10.5 Å². The van der Waals surface area contributed by atoms with Crippen LogP contribution in [0.5, 0.6) is 5.75 Å². The van der Waals surface area contributed by atoms with Crippen LogP contribution in [0.2, 0.25) is 0 Å². The van der Waals surface area contributed by atoms with Crippen LogP contribution in [0.25, 0.3) is 0 Å². The van der Waals surface area contributed by atoms with E-state index >= 15 is 0 Å². The van der Waals surface area contributed by atoms with Crippen LogP contribution in [-0.4, -0.2) is 19.2 Å². The van der Waals surface area contributed by atoms with Crippen molar-refractivity contribution in [2.45, 2.75) is 32.9 Å². The van der Waals surface area contributed by atoms with E-state index in [0.29, 0.717) is 18.9 Å². The second-order valence-electron chi connectivity index (χ2n) is 4.14. The Morgan fingerprint density at radius 2 is 2.24 bits per heavy atom. The lowest BCUT2D eigenvalue weighted by Crippen LogP contribution is -2.23. The van der Waals surface area contributed by atoms with Gasteiger partial charge in [0.2, 0.25) is 0 Å². The molecule has 3 nitrogen and oxygen atoms in total. The highest BCUT2D eigenvalue weighted by Gasteiger charge is 2.03. The molecule has 1 aromatic rings. The van der Waals surface area contributed by atoms with Crippen LogP contribution in [0.15, 0.2) is 18.2 Å². The van der Waals surface area contributed by atoms with Gasteiger partial charge in [0.15, 0.2) is 11.6 Å². The van der Waals surface area contributed by atoms with Crippen LogP contribution in [0, 0.1) is 5.82 Å². The second kappa shape index (κ2) is 7.25. The number of benzene rings is 1. The van der Waals surface area contributed by atoms with E-state index in [1.54, 1.807) is 6.07 Å². The minimum atomic E-state index is -0.307. The number of rotatable bonds is 7. The Bertz CT molecular complexity index is 342. The Balaban J connectivity index is 2.41. The van der Waals surface area contributed by atoms with Crippen molar-refractivity contribution < 1.29 is 9.13 Å². The summed E-state index contributed by atoms with van der Waals surface area (Å²) in [5.74, 6) is 0.00479. The third-order valence-electron chi connectivity index (χ3n) is 2.40. The molecular weight excluding hydrogens is 219 g/mol. The van der Waals surface area contributed by atoms with Gasteiger partial charge in [-0.2, -0.15) is 0 Å². The summed E-state index contributed by atoms with van der Waals surface area (Å²) in [5.41, 5.74) is 6.55. The Morgan fingerprint density at radius 1 is 1.47 bits per heavy atom. The summed E-state index contributed by atoms with van der Waals surface area (Å²) in [5, 5.41) is 3.22. The minimum Gasteiger partial charge on any atom is -0.491 e. The molecule has 0 saturated heterocycles. The molecule has 3 N–H and O–H groups in total. The lowest BCUT2D eigenvalue weighted by atomic mass is 10.2. The maximum absolute atomic E-state index is 13.5. The Hall–Kier alpha value is -1.13. The summed E-state index contributed by atoms with van der Waals surface area (Å²) in [7, 11) is 0. The molecule has 96 valence electrons. The van der Waals surface area contributed by atoms with Gasteiger partial charge in [0.25, 0.3) is 0 Å². The number of nitrogens with one attached hydrogen (secondary N) is 1. The van der Waals surface area contributed by atoms with Crippen LogP contribution < -0.4 is 15.8 Å². The third kappa shape index (κ3) is 5.15. The number of halogens is 1. The average Bonchev–Trinajstić information content (AvgIpc) is 2.28. The molecule has 0 saturated carbocycles. The Morgan fingerprint density at radius 3 is 2.82 bits per heavy atom. The normalized spacial score (nSPS) is 12.5. The molecule has 0 heterocycles. The molecule has 1 unspecified atom stereocenters. The van der Waals surface area contributed by atoms with Crippen LogP contribution in [-0.2, 0) is 6.54 Å². The van der Waals surface area contributed by atoms with E-state index in [9.17, 15) is 4.39 Å². The van der Waals surface area contributed by atoms with Gasteiger partial charge < -0.3 is 15.8 Å². The fourth-order valence-electron chi connectivity index (χ4n) is 1.49. The van der Waals surface area contributed by atoms with Crippen molar-refractivity contribution >= 4 is 0 Å². The first-order valence-corrected chi connectivity index (χ1v) is 6.01. The van der Waals surface area contributed by atoms with Gasteiger partial charge in [-0.1, -0.05) is 6.07 Å². The van der Waals surface area contributed by atoms with E-state index in [0.717, 1.165) is 18.5 Å². The molecule has 1 atom stereocenters. The van der Waals surface area contributed by atoms with E-state index in [1.165, 1.54) is 6.07 Å². The van der Waals surface area contributed by atoms with Crippen molar-refractivity contribution in [2.24, 2.45) is 5.73 Å². The van der Waals surface area contributed by atoms with E-state index in [1.807, 2.05) is 19.9 Å². The number of hydrogen-bond acceptors (Lipinski definition) is 3. The predicted molar refractivity (Wildman–Crippen MR) is 67.5 cm³/mol. The maximum atomic E-state index is 13.5. The average molecular weight is 240 g/mol. The third-order valence-corrected chi connectivity index (χ3v) is 2.40. The monoisotopic (exact) mass is 240 g/mol. The highest BCUT2D eigenvalue weighted by Crippen LogP contribution is 2.18. The largest absolute Gasteiger partial charge is 0.491 e. The van der Waals surface area contributed by atoms with Crippen LogP contribution >= 0.6 is 0 Å². The summed E-state index contributed by atoms with van der Waals surface area (Å²) < 4.78 is 18.6. The number of nitrogens with two attached hydrogens (primary N) is 1. The molecule has 0 spiro atoms. The molecule has 0 aliphatic carbocycles. The highest BCUT2D eigenvalue weighted by molar-refractivity contribution is 5.29. The molecule has 1 aromatic carbocycles. The zero-order valence-electron chi connectivity index (χ0n) is 10.5. The van der Waals surface area contributed by atoms with E-state index in [-0.39, 0.29) is 11.9 Å². The van der Waals surface area contributed by atoms with E-state index in [2.05, 4.69) is 5.32 Å². The highest BCUT2D eigenvalue weighted by atomic mass is 19.1. The standard InChI is InChI=1S/C13H21FN2O/c1-3-17-13-5-4-11(8-12(13)14)9-16-7-6-10(2)15/h4-5,8,10,16H,3,6-7,9,15H2,1-2H3. The summed E-state index contributed by atoms with van der Waals surface area (Å²) >= 11 is 0. The van der Waals surface area contributed by atoms with E-state index < -0.39 is 0 Å². The van der Waals surface area contributed by atoms with Gasteiger partial charge >= 0.3 is 0 Å². The molecule has 4 heteroatoms. The molecule has 0 aromatic heterocycles. The van der Waals surface area contributed by atoms with Gasteiger partial charge in [-0.05, 0) is 44.5 Å². The summed E-state index contributed by atoms with van der Waals surface area (Å²) in [6.07, 6.45) is 0.916. The zero-order valence-corrected chi connectivity index (χ0v) is 10.5. The van der Waals surface area contributed by atoms with Crippen LogP contribution in [0.3, 0.4) is 0 Å². The van der Waals surface area contributed by atoms with Crippen molar-refractivity contribution in [3.63, 3.8) is 0 Å². The first kappa shape index (κ1) is 13.9. The molecule has 0 radical (unpaired) electrons. The molecule has 0 amide bonds. The van der Waals surface area contributed by atoms with Crippen molar-refractivity contribution in [3.05, 3.63) is 29.6 Å². The topological polar surface area (TPSA) is 47.3 Å². The summed E-state index contributed by atoms with van der Waals surface area (Å²) in [4.78, 5) is 0. The van der Waals surface area contributed by atoms with Crippen LogP contribution in [0.4, 0.5) is 4.39 Å². The summed E-state index contributed by atoms with van der Waals surface area (Å²) in [6, 6.07) is 5.23. The van der Waals surface area contributed by atoms with Crippen LogP contribution in [0.1, 0.15) is 25.8 Å². The van der Waals surface area contributed by atoms with Crippen molar-refractivity contribution in [1.29, 1.82) is 0 Å². The lowest BCUT2D eigenvalue weighted by Gasteiger charge is -2.09. The van der Waals surface area contributed by atoms with Gasteiger partial charge in [-0.25, -0.2) is 4.39 Å². The first-order valence-electron chi connectivity index (χ1n) is 6.01. The lowest BCUT2D eigenvalue weighted by molar-refractivity contribution is 0.321. The maximum Gasteiger partial charge on any atom is 0.165 e. The van der Waals surface area contributed by atoms with Gasteiger partial charge in [0.05, 0.1) is 6.61 Å². The van der Waals surface area contributed by atoms with Gasteiger partial charge in [-0.3, -0.25) is 0 Å². The SMILES string of the molecule is CCOc1ccc(CNCCC(C)N)cc1F. The smallest absolute Gasteiger partial charge is 0.165 e. The quantitative estimate of drug-likeness (QED) is 0.717. The molecule has 1 rings (SSSR count). The van der Waals surface area contributed by atoms with Crippen molar-refractivity contribution in [3.8, 4) is 5.75 Å². The van der Waals surface area contributed by atoms with Crippen molar-refractivity contribution in [1.82, 2.24) is 5.32 Å². The molecule has 0 aliphatic heterocycles. The predicted octanol–water partition coefficient (Wildman–Crippen LogP) is 2.05. The molecule has 0 aliphatic rings.